The molecule has 0 spiro atoms. The van der Waals surface area contributed by atoms with Crippen molar-refractivity contribution >= 4 is 17.8 Å². The summed E-state index contributed by atoms with van der Waals surface area (Å²) in [6.07, 6.45) is 2.07. The van der Waals surface area contributed by atoms with Gasteiger partial charge in [0.05, 0.1) is 6.04 Å². The second-order valence-corrected chi connectivity index (χ2v) is 7.93. The summed E-state index contributed by atoms with van der Waals surface area (Å²) in [6, 6.07) is 4.74. The Morgan fingerprint density at radius 2 is 1.89 bits per heavy atom. The maximum Gasteiger partial charge on any atom is 0.325 e. The molecule has 1 aromatic carbocycles. The van der Waals surface area contributed by atoms with Gasteiger partial charge in [0.15, 0.2) is 0 Å². The Morgan fingerprint density at radius 3 is 2.46 bits per heavy atom. The SMILES string of the molecule is CC(C(=O)NCC(c1ccccc1F)N1CCCC1)N1C(=O)NC(C)(C)C1=O. The van der Waals surface area contributed by atoms with E-state index >= 15 is 0 Å². The quantitative estimate of drug-likeness (QED) is 0.726. The Hall–Kier alpha value is -2.48. The van der Waals surface area contributed by atoms with Crippen LogP contribution < -0.4 is 10.6 Å². The smallest absolute Gasteiger partial charge is 0.325 e. The van der Waals surface area contributed by atoms with Crippen LogP contribution in [0.1, 0.15) is 45.2 Å². The molecule has 2 N–H and O–H groups in total. The van der Waals surface area contributed by atoms with E-state index in [1.165, 1.54) is 13.0 Å². The lowest BCUT2D eigenvalue weighted by molar-refractivity contribution is -0.137. The molecule has 2 fully saturated rings. The maximum atomic E-state index is 14.4. The van der Waals surface area contributed by atoms with Crippen LogP contribution in [0.5, 0.6) is 0 Å². The lowest BCUT2D eigenvalue weighted by Crippen LogP contribution is -2.50. The highest BCUT2D eigenvalue weighted by molar-refractivity contribution is 6.09. The van der Waals surface area contributed by atoms with Gasteiger partial charge in [-0.2, -0.15) is 0 Å². The van der Waals surface area contributed by atoms with E-state index in [-0.39, 0.29) is 18.4 Å². The molecule has 28 heavy (non-hydrogen) atoms. The van der Waals surface area contributed by atoms with Gasteiger partial charge < -0.3 is 10.6 Å². The van der Waals surface area contributed by atoms with Crippen molar-refractivity contribution in [3.05, 3.63) is 35.6 Å². The number of imide groups is 1. The van der Waals surface area contributed by atoms with Gasteiger partial charge in [-0.25, -0.2) is 14.1 Å². The van der Waals surface area contributed by atoms with Gasteiger partial charge in [-0.1, -0.05) is 18.2 Å². The van der Waals surface area contributed by atoms with Crippen LogP contribution in [0.2, 0.25) is 0 Å². The molecule has 2 unspecified atom stereocenters. The lowest BCUT2D eigenvalue weighted by atomic mass is 10.0. The average Bonchev–Trinajstić information content (AvgIpc) is 3.23. The van der Waals surface area contributed by atoms with E-state index in [0.717, 1.165) is 30.8 Å². The highest BCUT2D eigenvalue weighted by atomic mass is 19.1. The number of nitrogens with zero attached hydrogens (tertiary/aromatic N) is 2. The van der Waals surface area contributed by atoms with Crippen LogP contribution >= 0.6 is 0 Å². The van der Waals surface area contributed by atoms with Crippen molar-refractivity contribution in [1.29, 1.82) is 0 Å². The van der Waals surface area contributed by atoms with Crippen molar-refractivity contribution in [3.8, 4) is 0 Å². The largest absolute Gasteiger partial charge is 0.352 e. The van der Waals surface area contributed by atoms with Gasteiger partial charge in [0.25, 0.3) is 5.91 Å². The van der Waals surface area contributed by atoms with E-state index in [1.807, 2.05) is 0 Å². The zero-order valence-corrected chi connectivity index (χ0v) is 16.5. The van der Waals surface area contributed by atoms with E-state index in [9.17, 15) is 18.8 Å². The van der Waals surface area contributed by atoms with Gasteiger partial charge in [-0.3, -0.25) is 14.5 Å². The summed E-state index contributed by atoms with van der Waals surface area (Å²) in [5, 5.41) is 5.38. The van der Waals surface area contributed by atoms with Crippen molar-refractivity contribution in [2.24, 2.45) is 0 Å². The first-order valence-corrected chi connectivity index (χ1v) is 9.64. The minimum atomic E-state index is -1.03. The second-order valence-electron chi connectivity index (χ2n) is 7.93. The molecule has 8 heteroatoms. The second kappa shape index (κ2) is 7.87. The summed E-state index contributed by atoms with van der Waals surface area (Å²) in [6.45, 7) is 6.59. The van der Waals surface area contributed by atoms with Gasteiger partial charge in [0, 0.05) is 12.1 Å². The Labute approximate surface area is 164 Å². The first-order valence-electron chi connectivity index (χ1n) is 9.64. The van der Waals surface area contributed by atoms with Crippen LogP contribution in [0.3, 0.4) is 0 Å². The number of benzene rings is 1. The molecule has 0 bridgehead atoms. The summed E-state index contributed by atoms with van der Waals surface area (Å²) in [7, 11) is 0. The van der Waals surface area contributed by atoms with Gasteiger partial charge in [0.1, 0.15) is 17.4 Å². The number of halogens is 1. The van der Waals surface area contributed by atoms with Crippen LogP contribution in [0, 0.1) is 5.82 Å². The van der Waals surface area contributed by atoms with Gasteiger partial charge in [0.2, 0.25) is 5.91 Å². The highest BCUT2D eigenvalue weighted by Gasteiger charge is 2.47. The molecule has 2 heterocycles. The standard InChI is InChI=1S/C20H27FN4O3/c1-13(25-18(27)20(2,3)23-19(25)28)17(26)22-12-16(24-10-6-7-11-24)14-8-4-5-9-15(14)21/h4-5,8-9,13,16H,6-7,10-12H2,1-3H3,(H,22,26)(H,23,28). The Bertz CT molecular complexity index is 776. The average molecular weight is 390 g/mol. The van der Waals surface area contributed by atoms with Crippen LogP contribution in [0.4, 0.5) is 9.18 Å². The van der Waals surface area contributed by atoms with Crippen LogP contribution in [-0.2, 0) is 9.59 Å². The number of hydrogen-bond donors (Lipinski definition) is 2. The number of amides is 4. The fraction of sp³-hybridized carbons (Fsp3) is 0.550. The highest BCUT2D eigenvalue weighted by Crippen LogP contribution is 2.27. The third kappa shape index (κ3) is 3.87. The van der Waals surface area contributed by atoms with Crippen LogP contribution in [-0.4, -0.2) is 58.9 Å². The molecule has 3 rings (SSSR count). The van der Waals surface area contributed by atoms with Crippen LogP contribution in [0.25, 0.3) is 0 Å². The van der Waals surface area contributed by atoms with Crippen molar-refractivity contribution in [2.75, 3.05) is 19.6 Å². The third-order valence-corrected chi connectivity index (χ3v) is 5.47. The first kappa shape index (κ1) is 20.3. The molecule has 7 nitrogen and oxygen atoms in total. The Kier molecular flexibility index (Phi) is 5.69. The molecule has 152 valence electrons. The summed E-state index contributed by atoms with van der Waals surface area (Å²) in [5.74, 6) is -1.19. The van der Waals surface area contributed by atoms with E-state index < -0.39 is 29.4 Å². The van der Waals surface area contributed by atoms with Gasteiger partial charge in [-0.05, 0) is 52.8 Å². The number of likely N-dealkylation sites (tertiary alicyclic amines) is 1. The van der Waals surface area contributed by atoms with E-state index in [4.69, 9.17) is 0 Å². The van der Waals surface area contributed by atoms with E-state index in [0.29, 0.717) is 5.56 Å². The molecule has 0 aliphatic carbocycles. The number of nitrogens with one attached hydrogen (secondary N) is 2. The minimum Gasteiger partial charge on any atom is -0.352 e. The van der Waals surface area contributed by atoms with Crippen LogP contribution in [0.15, 0.2) is 24.3 Å². The Balaban J connectivity index is 1.71. The summed E-state index contributed by atoms with van der Waals surface area (Å²) >= 11 is 0. The molecular weight excluding hydrogens is 363 g/mol. The summed E-state index contributed by atoms with van der Waals surface area (Å²) in [5.41, 5.74) is -0.495. The normalized spacial score (nSPS) is 21.5. The molecule has 2 aliphatic rings. The predicted molar refractivity (Wildman–Crippen MR) is 102 cm³/mol. The number of carbonyl (C=O) groups is 3. The molecule has 2 aliphatic heterocycles. The molecule has 0 radical (unpaired) electrons. The monoisotopic (exact) mass is 390 g/mol. The molecule has 4 amide bonds. The fourth-order valence-corrected chi connectivity index (χ4v) is 3.82. The fourth-order valence-electron chi connectivity index (χ4n) is 3.82. The van der Waals surface area contributed by atoms with Crippen molar-refractivity contribution in [2.45, 2.75) is 51.2 Å². The summed E-state index contributed by atoms with van der Waals surface area (Å²) in [4.78, 5) is 40.3. The number of rotatable bonds is 6. The van der Waals surface area contributed by atoms with Gasteiger partial charge >= 0.3 is 6.03 Å². The van der Waals surface area contributed by atoms with E-state index in [2.05, 4.69) is 15.5 Å². The summed E-state index contributed by atoms with van der Waals surface area (Å²) < 4.78 is 14.4. The molecule has 1 aromatic rings. The lowest BCUT2D eigenvalue weighted by Gasteiger charge is -2.29. The minimum absolute atomic E-state index is 0.206. The zero-order valence-electron chi connectivity index (χ0n) is 16.5. The molecule has 0 aromatic heterocycles. The zero-order chi connectivity index (χ0) is 20.5. The molecule has 2 saturated heterocycles. The number of hydrogen-bond acceptors (Lipinski definition) is 4. The van der Waals surface area contributed by atoms with Gasteiger partial charge in [-0.15, -0.1) is 0 Å². The molecule has 0 saturated carbocycles. The molecular formula is C20H27FN4O3. The maximum absolute atomic E-state index is 14.4. The van der Waals surface area contributed by atoms with Crippen molar-refractivity contribution in [3.63, 3.8) is 0 Å². The number of urea groups is 1. The van der Waals surface area contributed by atoms with Crippen molar-refractivity contribution < 1.29 is 18.8 Å². The molecule has 2 atom stereocenters. The first-order chi connectivity index (χ1) is 13.2. The Morgan fingerprint density at radius 1 is 1.25 bits per heavy atom. The van der Waals surface area contributed by atoms with Crippen molar-refractivity contribution in [1.82, 2.24) is 20.4 Å². The topological polar surface area (TPSA) is 81.8 Å². The third-order valence-electron chi connectivity index (χ3n) is 5.47. The number of carbonyl (C=O) groups excluding carboxylic acids is 3. The van der Waals surface area contributed by atoms with E-state index in [1.54, 1.807) is 32.0 Å². The predicted octanol–water partition coefficient (Wildman–Crippen LogP) is 1.80.